The maximum atomic E-state index is 5.82. The zero-order valence-electron chi connectivity index (χ0n) is 17.2. The minimum absolute atomic E-state index is 0.270. The molecule has 0 fully saturated rings. The molecule has 1 atom stereocenters. The molecule has 0 aliphatic carbocycles. The quantitative estimate of drug-likeness (QED) is 0.327. The van der Waals surface area contributed by atoms with Gasteiger partial charge < -0.3 is 19.9 Å². The summed E-state index contributed by atoms with van der Waals surface area (Å²) in [5.74, 6) is 4.23. The van der Waals surface area contributed by atoms with Crippen molar-refractivity contribution in [1.82, 2.24) is 25.4 Å². The molecule has 1 aromatic heterocycles. The molecule has 1 rings (SSSR count). The third kappa shape index (κ3) is 8.40. The van der Waals surface area contributed by atoms with E-state index in [9.17, 15) is 0 Å². The van der Waals surface area contributed by atoms with Crippen LogP contribution in [0.4, 0.5) is 0 Å². The van der Waals surface area contributed by atoms with E-state index in [0.29, 0.717) is 12.5 Å². The van der Waals surface area contributed by atoms with Crippen molar-refractivity contribution in [3.05, 3.63) is 11.6 Å². The van der Waals surface area contributed by atoms with E-state index >= 15 is 0 Å². The molecule has 0 saturated heterocycles. The molecule has 0 spiro atoms. The summed E-state index contributed by atoms with van der Waals surface area (Å²) in [5, 5.41) is 15.1. The van der Waals surface area contributed by atoms with Crippen molar-refractivity contribution in [2.75, 3.05) is 31.7 Å². The maximum absolute atomic E-state index is 5.82. The zero-order chi connectivity index (χ0) is 19.4. The van der Waals surface area contributed by atoms with Gasteiger partial charge in [0.1, 0.15) is 12.4 Å². The minimum atomic E-state index is 0.270. The smallest absolute Gasteiger partial charge is 0.191 e. The monoisotopic (exact) mass is 384 g/mol. The number of nitrogens with one attached hydrogen (secondary N) is 2. The SMILES string of the molecule is CCOC(CCNC(=NCc1nnc(C)n1C)NCCCSC)C(C)C. The number of hydrogen-bond acceptors (Lipinski definition) is 5. The molecule has 8 heteroatoms. The second kappa shape index (κ2) is 13.0. The van der Waals surface area contributed by atoms with E-state index in [1.165, 1.54) is 0 Å². The summed E-state index contributed by atoms with van der Waals surface area (Å²) in [6, 6.07) is 0. The molecule has 0 bridgehead atoms. The van der Waals surface area contributed by atoms with Crippen LogP contribution in [0.1, 0.15) is 45.3 Å². The molecule has 26 heavy (non-hydrogen) atoms. The van der Waals surface area contributed by atoms with Crippen LogP contribution < -0.4 is 10.6 Å². The van der Waals surface area contributed by atoms with Gasteiger partial charge in [0.15, 0.2) is 11.8 Å². The number of nitrogens with zero attached hydrogens (tertiary/aromatic N) is 4. The lowest BCUT2D eigenvalue weighted by atomic mass is 10.0. The molecule has 0 saturated carbocycles. The van der Waals surface area contributed by atoms with Gasteiger partial charge in [-0.15, -0.1) is 10.2 Å². The molecule has 150 valence electrons. The highest BCUT2D eigenvalue weighted by Gasteiger charge is 2.13. The van der Waals surface area contributed by atoms with Crippen LogP contribution >= 0.6 is 11.8 Å². The Morgan fingerprint density at radius 1 is 1.27 bits per heavy atom. The van der Waals surface area contributed by atoms with Crippen LogP contribution in [0, 0.1) is 12.8 Å². The number of thioether (sulfide) groups is 1. The summed E-state index contributed by atoms with van der Waals surface area (Å²) in [4.78, 5) is 4.68. The number of ether oxygens (including phenoxy) is 1. The fourth-order valence-electron chi connectivity index (χ4n) is 2.49. The zero-order valence-corrected chi connectivity index (χ0v) is 18.0. The number of guanidine groups is 1. The van der Waals surface area contributed by atoms with Crippen LogP contribution in [-0.2, 0) is 18.3 Å². The number of hydrogen-bond donors (Lipinski definition) is 2. The van der Waals surface area contributed by atoms with E-state index in [1.807, 2.05) is 37.2 Å². The van der Waals surface area contributed by atoms with Crippen molar-refractivity contribution in [2.24, 2.45) is 18.0 Å². The van der Waals surface area contributed by atoms with Gasteiger partial charge in [0.05, 0.1) is 6.10 Å². The van der Waals surface area contributed by atoms with Crippen molar-refractivity contribution in [3.63, 3.8) is 0 Å². The average molecular weight is 385 g/mol. The summed E-state index contributed by atoms with van der Waals surface area (Å²) >= 11 is 1.86. The highest BCUT2D eigenvalue weighted by Crippen LogP contribution is 2.10. The van der Waals surface area contributed by atoms with Gasteiger partial charge in [0.2, 0.25) is 0 Å². The highest BCUT2D eigenvalue weighted by atomic mass is 32.2. The molecule has 1 unspecified atom stereocenters. The Hall–Kier alpha value is -1.28. The van der Waals surface area contributed by atoms with Gasteiger partial charge >= 0.3 is 0 Å². The molecular weight excluding hydrogens is 348 g/mol. The van der Waals surface area contributed by atoms with Crippen molar-refractivity contribution in [3.8, 4) is 0 Å². The van der Waals surface area contributed by atoms with Crippen LogP contribution in [0.15, 0.2) is 4.99 Å². The Kier molecular flexibility index (Phi) is 11.4. The molecule has 0 amide bonds. The number of rotatable bonds is 12. The van der Waals surface area contributed by atoms with E-state index in [1.54, 1.807) is 0 Å². The normalized spacial score (nSPS) is 13.3. The van der Waals surface area contributed by atoms with Crippen molar-refractivity contribution >= 4 is 17.7 Å². The van der Waals surface area contributed by atoms with E-state index in [4.69, 9.17) is 4.74 Å². The first-order valence-electron chi connectivity index (χ1n) is 9.47. The maximum Gasteiger partial charge on any atom is 0.191 e. The highest BCUT2D eigenvalue weighted by molar-refractivity contribution is 7.98. The van der Waals surface area contributed by atoms with E-state index < -0.39 is 0 Å². The second-order valence-electron chi connectivity index (χ2n) is 6.61. The van der Waals surface area contributed by atoms with E-state index in [2.05, 4.69) is 45.9 Å². The van der Waals surface area contributed by atoms with E-state index in [-0.39, 0.29) is 6.10 Å². The van der Waals surface area contributed by atoms with Gasteiger partial charge in [-0.25, -0.2) is 4.99 Å². The van der Waals surface area contributed by atoms with E-state index in [0.717, 1.165) is 55.9 Å². The molecular formula is C18H36N6OS. The van der Waals surface area contributed by atoms with Crippen LogP contribution in [0.5, 0.6) is 0 Å². The first-order chi connectivity index (χ1) is 12.5. The van der Waals surface area contributed by atoms with Crippen LogP contribution in [-0.4, -0.2) is 58.5 Å². The van der Waals surface area contributed by atoms with Crippen LogP contribution in [0.2, 0.25) is 0 Å². The summed E-state index contributed by atoms with van der Waals surface area (Å²) in [6.45, 7) is 11.4. The fourth-order valence-corrected chi connectivity index (χ4v) is 2.93. The summed E-state index contributed by atoms with van der Waals surface area (Å²) in [6.07, 6.45) is 4.47. The van der Waals surface area contributed by atoms with Gasteiger partial charge in [0.25, 0.3) is 0 Å². The second-order valence-corrected chi connectivity index (χ2v) is 7.60. The first kappa shape index (κ1) is 22.8. The minimum Gasteiger partial charge on any atom is -0.378 e. The Morgan fingerprint density at radius 2 is 2.00 bits per heavy atom. The Morgan fingerprint density at radius 3 is 2.58 bits per heavy atom. The average Bonchev–Trinajstić information content (AvgIpc) is 2.93. The molecule has 7 nitrogen and oxygen atoms in total. The lowest BCUT2D eigenvalue weighted by Crippen LogP contribution is -2.40. The summed E-state index contributed by atoms with van der Waals surface area (Å²) in [7, 11) is 1.97. The third-order valence-corrected chi connectivity index (χ3v) is 4.92. The largest absolute Gasteiger partial charge is 0.378 e. The van der Waals surface area contributed by atoms with Crippen molar-refractivity contribution < 1.29 is 4.74 Å². The predicted octanol–water partition coefficient (Wildman–Crippen LogP) is 2.36. The van der Waals surface area contributed by atoms with Gasteiger partial charge in [-0.2, -0.15) is 11.8 Å². The van der Waals surface area contributed by atoms with Gasteiger partial charge in [-0.1, -0.05) is 13.8 Å². The number of aromatic nitrogens is 3. The van der Waals surface area contributed by atoms with Gasteiger partial charge in [-0.3, -0.25) is 0 Å². The van der Waals surface area contributed by atoms with Gasteiger partial charge in [0, 0.05) is 26.7 Å². The van der Waals surface area contributed by atoms with Crippen LogP contribution in [0.3, 0.4) is 0 Å². The molecule has 0 aliphatic heterocycles. The lowest BCUT2D eigenvalue weighted by Gasteiger charge is -2.21. The Labute approximate surface area is 162 Å². The van der Waals surface area contributed by atoms with Crippen molar-refractivity contribution in [1.29, 1.82) is 0 Å². The summed E-state index contributed by atoms with van der Waals surface area (Å²) in [5.41, 5.74) is 0. The Balaban J connectivity index is 2.59. The molecule has 1 aromatic rings. The van der Waals surface area contributed by atoms with Gasteiger partial charge in [-0.05, 0) is 44.6 Å². The first-order valence-corrected chi connectivity index (χ1v) is 10.9. The fraction of sp³-hybridized carbons (Fsp3) is 0.833. The Bertz CT molecular complexity index is 532. The molecule has 0 radical (unpaired) electrons. The molecule has 1 heterocycles. The topological polar surface area (TPSA) is 76.4 Å². The number of aryl methyl sites for hydroxylation is 1. The number of aliphatic imine (C=N–C) groups is 1. The standard InChI is InChI=1S/C18H36N6OS/c1-7-25-16(14(2)3)9-11-20-18(19-10-8-12-26-6)21-13-17-23-22-15(4)24(17)5/h14,16H,7-13H2,1-6H3,(H2,19,20,21). The third-order valence-electron chi connectivity index (χ3n) is 4.22. The molecule has 2 N–H and O–H groups in total. The van der Waals surface area contributed by atoms with Crippen molar-refractivity contribution in [2.45, 2.75) is 53.2 Å². The molecule has 0 aromatic carbocycles. The lowest BCUT2D eigenvalue weighted by molar-refractivity contribution is 0.0258. The van der Waals surface area contributed by atoms with Crippen LogP contribution in [0.25, 0.3) is 0 Å². The molecule has 0 aliphatic rings. The summed E-state index contributed by atoms with van der Waals surface area (Å²) < 4.78 is 7.79. The predicted molar refractivity (Wildman–Crippen MR) is 111 cm³/mol.